The maximum Gasteiger partial charge on any atom is 0.105 e. The Labute approximate surface area is 107 Å². The van der Waals surface area contributed by atoms with E-state index in [9.17, 15) is 5.11 Å². The van der Waals surface area contributed by atoms with Gasteiger partial charge in [0.15, 0.2) is 0 Å². The third-order valence-corrected chi connectivity index (χ3v) is 3.48. The summed E-state index contributed by atoms with van der Waals surface area (Å²) in [6.07, 6.45) is 0.537. The molecule has 0 aromatic heterocycles. The Morgan fingerprint density at radius 2 is 2.44 bits per heavy atom. The van der Waals surface area contributed by atoms with Crippen LogP contribution in [0.5, 0.6) is 0 Å². The molecule has 2 rings (SSSR count). The molecule has 0 amide bonds. The van der Waals surface area contributed by atoms with Crippen molar-refractivity contribution in [3.05, 3.63) is 35.4 Å². The lowest BCUT2D eigenvalue weighted by molar-refractivity contribution is -0.0262. The summed E-state index contributed by atoms with van der Waals surface area (Å²) in [6.45, 7) is 3.66. The smallest absolute Gasteiger partial charge is 0.105 e. The molecule has 96 valence electrons. The topological polar surface area (TPSA) is 65.3 Å². The average Bonchev–Trinajstić information content (AvgIpc) is 2.70. The van der Waals surface area contributed by atoms with Gasteiger partial charge in [-0.25, -0.2) is 0 Å². The number of nitrogens with one attached hydrogen (secondary N) is 1. The van der Waals surface area contributed by atoms with Gasteiger partial charge >= 0.3 is 0 Å². The maximum atomic E-state index is 10.3. The van der Waals surface area contributed by atoms with Crippen molar-refractivity contribution in [1.82, 2.24) is 5.32 Å². The fourth-order valence-corrected chi connectivity index (χ4v) is 2.18. The van der Waals surface area contributed by atoms with Gasteiger partial charge < -0.3 is 15.2 Å². The largest absolute Gasteiger partial charge is 0.386 e. The molecule has 0 bridgehead atoms. The first-order valence-corrected chi connectivity index (χ1v) is 6.18. The van der Waals surface area contributed by atoms with E-state index in [1.165, 1.54) is 0 Å². The molecule has 1 saturated heterocycles. The van der Waals surface area contributed by atoms with E-state index in [-0.39, 0.29) is 6.10 Å². The molecule has 2 N–H and O–H groups in total. The predicted molar refractivity (Wildman–Crippen MR) is 67.8 cm³/mol. The summed E-state index contributed by atoms with van der Waals surface area (Å²) in [5, 5.41) is 22.3. The van der Waals surface area contributed by atoms with Gasteiger partial charge in [0.2, 0.25) is 0 Å². The summed E-state index contributed by atoms with van der Waals surface area (Å²) in [5.74, 6) is 0. The molecule has 1 aromatic rings. The van der Waals surface area contributed by atoms with E-state index in [4.69, 9.17) is 10.00 Å². The van der Waals surface area contributed by atoms with Crippen molar-refractivity contribution >= 4 is 0 Å². The molecule has 18 heavy (non-hydrogen) atoms. The van der Waals surface area contributed by atoms with Crippen LogP contribution >= 0.6 is 0 Å². The zero-order chi connectivity index (χ0) is 13.0. The first-order valence-electron chi connectivity index (χ1n) is 6.18. The number of nitriles is 1. The first-order chi connectivity index (χ1) is 8.64. The Kier molecular flexibility index (Phi) is 3.97. The van der Waals surface area contributed by atoms with Crippen LogP contribution in [0.1, 0.15) is 24.5 Å². The van der Waals surface area contributed by atoms with Crippen molar-refractivity contribution in [2.45, 2.75) is 31.6 Å². The van der Waals surface area contributed by atoms with Crippen LogP contribution in [0, 0.1) is 11.3 Å². The number of benzene rings is 1. The Bertz CT molecular complexity index is 455. The second-order valence-corrected chi connectivity index (χ2v) is 4.78. The van der Waals surface area contributed by atoms with Crippen LogP contribution in [0.3, 0.4) is 0 Å². The molecule has 0 aliphatic carbocycles. The molecular weight excluding hydrogens is 228 g/mol. The van der Waals surface area contributed by atoms with Crippen molar-refractivity contribution in [3.8, 4) is 6.07 Å². The molecule has 0 spiro atoms. The molecule has 1 fully saturated rings. The average molecular weight is 246 g/mol. The molecule has 1 aliphatic heterocycles. The summed E-state index contributed by atoms with van der Waals surface area (Å²) < 4.78 is 5.37. The second kappa shape index (κ2) is 5.49. The van der Waals surface area contributed by atoms with Gasteiger partial charge in [-0.05, 0) is 24.6 Å². The van der Waals surface area contributed by atoms with Crippen molar-refractivity contribution < 1.29 is 9.84 Å². The monoisotopic (exact) mass is 246 g/mol. The minimum Gasteiger partial charge on any atom is -0.386 e. The Morgan fingerprint density at radius 1 is 1.61 bits per heavy atom. The molecule has 0 saturated carbocycles. The van der Waals surface area contributed by atoms with Gasteiger partial charge in [-0.15, -0.1) is 0 Å². The highest BCUT2D eigenvalue weighted by Crippen LogP contribution is 2.24. The fourth-order valence-electron chi connectivity index (χ4n) is 2.18. The highest BCUT2D eigenvalue weighted by Gasteiger charge is 2.38. The molecule has 4 heteroatoms. The molecule has 2 atom stereocenters. The number of hydrogen-bond acceptors (Lipinski definition) is 4. The van der Waals surface area contributed by atoms with E-state index < -0.39 is 5.60 Å². The number of hydrogen-bond donors (Lipinski definition) is 2. The maximum absolute atomic E-state index is 10.3. The van der Waals surface area contributed by atoms with Crippen LogP contribution in [0.15, 0.2) is 24.3 Å². The minimum atomic E-state index is -0.771. The Hall–Kier alpha value is -1.41. The van der Waals surface area contributed by atoms with Crippen LogP contribution < -0.4 is 5.32 Å². The van der Waals surface area contributed by atoms with Crippen LogP contribution in [0.4, 0.5) is 0 Å². The standard InChI is InChI=1S/C14H18N2O2/c1-11-14(17,5-6-18-11)10-16-9-13-4-2-3-12(7-13)8-15/h2-4,7,11,16-17H,5-6,9-10H2,1H3. The first kappa shape index (κ1) is 13.0. The van der Waals surface area contributed by atoms with Gasteiger partial charge in [0, 0.05) is 26.1 Å². The van der Waals surface area contributed by atoms with E-state index >= 15 is 0 Å². The molecule has 2 unspecified atom stereocenters. The summed E-state index contributed by atoms with van der Waals surface area (Å²) in [6, 6.07) is 9.58. The molecule has 1 aliphatic rings. The second-order valence-electron chi connectivity index (χ2n) is 4.78. The Balaban J connectivity index is 1.87. The van der Waals surface area contributed by atoms with E-state index in [0.717, 1.165) is 5.56 Å². The highest BCUT2D eigenvalue weighted by atomic mass is 16.5. The Morgan fingerprint density at radius 3 is 3.11 bits per heavy atom. The van der Waals surface area contributed by atoms with E-state index in [1.54, 1.807) is 6.07 Å². The van der Waals surface area contributed by atoms with Gasteiger partial charge in [-0.1, -0.05) is 12.1 Å². The van der Waals surface area contributed by atoms with E-state index in [0.29, 0.717) is 31.7 Å². The van der Waals surface area contributed by atoms with Crippen LogP contribution in [0.25, 0.3) is 0 Å². The highest BCUT2D eigenvalue weighted by molar-refractivity contribution is 5.32. The molecular formula is C14H18N2O2. The number of aliphatic hydroxyl groups is 1. The summed E-state index contributed by atoms with van der Waals surface area (Å²) in [7, 11) is 0. The lowest BCUT2D eigenvalue weighted by atomic mass is 9.96. The normalized spacial score (nSPS) is 27.1. The van der Waals surface area contributed by atoms with Crippen LogP contribution in [0.2, 0.25) is 0 Å². The van der Waals surface area contributed by atoms with Gasteiger partial charge in [-0.3, -0.25) is 0 Å². The zero-order valence-electron chi connectivity index (χ0n) is 10.5. The van der Waals surface area contributed by atoms with Crippen molar-refractivity contribution in [3.63, 3.8) is 0 Å². The SMILES string of the molecule is CC1OCCC1(O)CNCc1cccc(C#N)c1. The van der Waals surface area contributed by atoms with Gasteiger partial charge in [0.05, 0.1) is 17.7 Å². The van der Waals surface area contributed by atoms with E-state index in [2.05, 4.69) is 11.4 Å². The van der Waals surface area contributed by atoms with E-state index in [1.807, 2.05) is 25.1 Å². The number of rotatable bonds is 4. The summed E-state index contributed by atoms with van der Waals surface area (Å²) >= 11 is 0. The number of nitrogens with zero attached hydrogens (tertiary/aromatic N) is 1. The fraction of sp³-hybridized carbons (Fsp3) is 0.500. The quantitative estimate of drug-likeness (QED) is 0.837. The van der Waals surface area contributed by atoms with Crippen LogP contribution in [-0.4, -0.2) is 30.0 Å². The number of ether oxygens (including phenoxy) is 1. The summed E-state index contributed by atoms with van der Waals surface area (Å²) in [5.41, 5.74) is 0.933. The molecule has 1 heterocycles. The van der Waals surface area contributed by atoms with Gasteiger partial charge in [-0.2, -0.15) is 5.26 Å². The van der Waals surface area contributed by atoms with Gasteiger partial charge in [0.1, 0.15) is 5.60 Å². The molecule has 0 radical (unpaired) electrons. The van der Waals surface area contributed by atoms with Crippen molar-refractivity contribution in [1.29, 1.82) is 5.26 Å². The molecule has 1 aromatic carbocycles. The van der Waals surface area contributed by atoms with Gasteiger partial charge in [0.25, 0.3) is 0 Å². The molecule has 4 nitrogen and oxygen atoms in total. The lowest BCUT2D eigenvalue weighted by Gasteiger charge is -2.26. The zero-order valence-corrected chi connectivity index (χ0v) is 10.5. The third kappa shape index (κ3) is 2.88. The minimum absolute atomic E-state index is 0.129. The van der Waals surface area contributed by atoms with Crippen molar-refractivity contribution in [2.75, 3.05) is 13.2 Å². The lowest BCUT2D eigenvalue weighted by Crippen LogP contribution is -2.45. The third-order valence-electron chi connectivity index (χ3n) is 3.48. The summed E-state index contributed by atoms with van der Waals surface area (Å²) in [4.78, 5) is 0. The van der Waals surface area contributed by atoms with Crippen LogP contribution in [-0.2, 0) is 11.3 Å². The predicted octanol–water partition coefficient (Wildman–Crippen LogP) is 1.19. The van der Waals surface area contributed by atoms with Crippen molar-refractivity contribution in [2.24, 2.45) is 0 Å².